The number of benzene rings is 2. The highest BCUT2D eigenvalue weighted by atomic mass is 16.3. The van der Waals surface area contributed by atoms with Crippen LogP contribution in [-0.2, 0) is 5.41 Å². The summed E-state index contributed by atoms with van der Waals surface area (Å²) in [6, 6.07) is 25.9. The molecule has 1 N–H and O–H groups in total. The molecule has 1 aliphatic rings. The Balaban J connectivity index is 1.59. The van der Waals surface area contributed by atoms with Crippen LogP contribution in [0.15, 0.2) is 91.3 Å². The second-order valence-corrected chi connectivity index (χ2v) is 8.80. The zero-order chi connectivity index (χ0) is 22.6. The van der Waals surface area contributed by atoms with Crippen molar-refractivity contribution in [3.63, 3.8) is 0 Å². The van der Waals surface area contributed by atoms with Gasteiger partial charge in [0.1, 0.15) is 17.1 Å². The molecule has 0 unspecified atom stereocenters. The smallest absolute Gasteiger partial charge is 0.141 e. The van der Waals surface area contributed by atoms with Crippen LogP contribution in [0, 0.1) is 0 Å². The maximum atomic E-state index is 10.3. The number of aromatic nitrogens is 3. The molecule has 0 atom stereocenters. The van der Waals surface area contributed by atoms with Crippen LogP contribution >= 0.6 is 0 Å². The first-order valence-electron chi connectivity index (χ1n) is 10.9. The monoisotopic (exact) mass is 430 g/mol. The van der Waals surface area contributed by atoms with Gasteiger partial charge in [0.05, 0.1) is 22.8 Å². The Labute approximate surface area is 192 Å². The van der Waals surface area contributed by atoms with Crippen LogP contribution in [0.1, 0.15) is 25.1 Å². The van der Waals surface area contributed by atoms with E-state index in [-0.39, 0.29) is 11.2 Å². The molecule has 6 rings (SSSR count). The number of hydrogen-bond acceptors (Lipinski definition) is 5. The summed E-state index contributed by atoms with van der Waals surface area (Å²) in [5.41, 5.74) is 6.22. The molecule has 0 amide bonds. The summed E-state index contributed by atoms with van der Waals surface area (Å²) in [5.74, 6) is 1.01. The van der Waals surface area contributed by atoms with E-state index in [1.807, 2.05) is 54.9 Å². The largest absolute Gasteiger partial charge is 0.506 e. The van der Waals surface area contributed by atoms with Crippen LogP contribution in [0.2, 0.25) is 0 Å². The van der Waals surface area contributed by atoms with Gasteiger partial charge in [0.25, 0.3) is 0 Å². The number of fused-ring (bicyclic) bond motifs is 3. The first-order valence-corrected chi connectivity index (χ1v) is 10.9. The highest BCUT2D eigenvalue weighted by Gasteiger charge is 2.38. The molecule has 5 nitrogen and oxygen atoms in total. The summed E-state index contributed by atoms with van der Waals surface area (Å²) in [6.45, 7) is 4.42. The topological polar surface area (TPSA) is 62.1 Å². The maximum Gasteiger partial charge on any atom is 0.141 e. The van der Waals surface area contributed by atoms with Crippen LogP contribution in [0.5, 0.6) is 5.75 Å². The maximum absolute atomic E-state index is 10.3. The van der Waals surface area contributed by atoms with Crippen molar-refractivity contribution in [2.45, 2.75) is 19.3 Å². The zero-order valence-corrected chi connectivity index (χ0v) is 18.4. The van der Waals surface area contributed by atoms with Crippen LogP contribution in [-0.4, -0.2) is 20.1 Å². The Kier molecular flexibility index (Phi) is 4.20. The molecule has 0 spiro atoms. The molecular weight excluding hydrogens is 408 g/mol. The van der Waals surface area contributed by atoms with Crippen LogP contribution in [0.25, 0.3) is 22.2 Å². The molecule has 5 aromatic rings. The molecule has 5 heteroatoms. The van der Waals surface area contributed by atoms with Gasteiger partial charge < -0.3 is 5.11 Å². The Morgan fingerprint density at radius 1 is 0.818 bits per heavy atom. The fourth-order valence-electron chi connectivity index (χ4n) is 4.72. The second-order valence-electron chi connectivity index (χ2n) is 8.80. The van der Waals surface area contributed by atoms with Gasteiger partial charge in [-0.25, -0.2) is 9.97 Å². The number of para-hydroxylation sites is 2. The predicted molar refractivity (Wildman–Crippen MR) is 131 cm³/mol. The summed E-state index contributed by atoms with van der Waals surface area (Å²) in [7, 11) is 0. The molecule has 2 aromatic carbocycles. The van der Waals surface area contributed by atoms with E-state index in [1.54, 1.807) is 6.07 Å². The third-order valence-electron chi connectivity index (χ3n) is 6.39. The zero-order valence-electron chi connectivity index (χ0n) is 18.4. The minimum absolute atomic E-state index is 0.172. The van der Waals surface area contributed by atoms with E-state index in [4.69, 9.17) is 9.97 Å². The molecule has 0 saturated carbocycles. The summed E-state index contributed by atoms with van der Waals surface area (Å²) < 4.78 is 0. The quantitative estimate of drug-likeness (QED) is 0.346. The van der Waals surface area contributed by atoms with E-state index in [1.165, 1.54) is 5.56 Å². The first-order chi connectivity index (χ1) is 16.0. The lowest BCUT2D eigenvalue weighted by Crippen LogP contribution is -2.32. The van der Waals surface area contributed by atoms with Gasteiger partial charge in [-0.1, -0.05) is 42.5 Å². The van der Waals surface area contributed by atoms with Crippen molar-refractivity contribution in [2.75, 3.05) is 4.90 Å². The second kappa shape index (κ2) is 7.14. The molecule has 0 aliphatic carbocycles. The van der Waals surface area contributed by atoms with Crippen LogP contribution < -0.4 is 4.90 Å². The van der Waals surface area contributed by atoms with Crippen molar-refractivity contribution in [1.82, 2.24) is 15.0 Å². The summed E-state index contributed by atoms with van der Waals surface area (Å²) in [5, 5.41) is 11.2. The lowest BCUT2D eigenvalue weighted by Gasteiger charge is -2.40. The molecule has 160 valence electrons. The fourth-order valence-corrected chi connectivity index (χ4v) is 4.72. The highest BCUT2D eigenvalue weighted by molar-refractivity contribution is 5.88. The first kappa shape index (κ1) is 19.4. The van der Waals surface area contributed by atoms with E-state index in [2.05, 4.69) is 54.1 Å². The normalized spacial score (nSPS) is 14.1. The molecule has 0 radical (unpaired) electrons. The highest BCUT2D eigenvalue weighted by Crippen LogP contribution is 2.51. The Morgan fingerprint density at radius 2 is 1.67 bits per heavy atom. The molecule has 0 bridgehead atoms. The molecule has 0 saturated heterocycles. The van der Waals surface area contributed by atoms with Gasteiger partial charge in [-0.3, -0.25) is 9.88 Å². The van der Waals surface area contributed by atoms with E-state index in [0.29, 0.717) is 5.52 Å². The van der Waals surface area contributed by atoms with E-state index < -0.39 is 0 Å². The number of phenolic OH excluding ortho intramolecular Hbond substituents is 1. The SMILES string of the molecule is CC1(C)c2ccccc2N(c2ccccn2)c2cc(-c3ccc4cccc(O)c4n3)cnc21. The summed E-state index contributed by atoms with van der Waals surface area (Å²) in [6.07, 6.45) is 3.68. The number of anilines is 3. The van der Waals surface area contributed by atoms with Gasteiger partial charge in [-0.05, 0) is 55.8 Å². The number of phenols is 1. The average Bonchev–Trinajstić information content (AvgIpc) is 2.85. The van der Waals surface area contributed by atoms with E-state index in [0.717, 1.165) is 39.5 Å². The lowest BCUT2D eigenvalue weighted by atomic mass is 9.76. The minimum atomic E-state index is -0.273. The van der Waals surface area contributed by atoms with E-state index in [9.17, 15) is 5.11 Å². The molecular formula is C28H22N4O. The third kappa shape index (κ3) is 2.97. The predicted octanol–water partition coefficient (Wildman–Crippen LogP) is 6.51. The molecule has 33 heavy (non-hydrogen) atoms. The number of rotatable bonds is 2. The standard InChI is InChI=1S/C28H22N4O/c1-28(2)20-9-3-4-10-22(20)32(25-12-5-6-15-29-25)23-16-19(17-30-27(23)28)21-14-13-18-8-7-11-24(33)26(18)31-21/h3-17,33H,1-2H3. The molecule has 0 fully saturated rings. The van der Waals surface area contributed by atoms with Crippen molar-refractivity contribution in [2.24, 2.45) is 0 Å². The van der Waals surface area contributed by atoms with Crippen molar-refractivity contribution in [1.29, 1.82) is 0 Å². The van der Waals surface area contributed by atoms with Crippen LogP contribution in [0.4, 0.5) is 17.2 Å². The number of hydrogen-bond donors (Lipinski definition) is 1. The molecule has 1 aliphatic heterocycles. The van der Waals surface area contributed by atoms with Gasteiger partial charge in [0.15, 0.2) is 0 Å². The Hall–Kier alpha value is -4.25. The molecule has 4 heterocycles. The van der Waals surface area contributed by atoms with Gasteiger partial charge >= 0.3 is 0 Å². The lowest BCUT2D eigenvalue weighted by molar-refractivity contribution is 0.480. The van der Waals surface area contributed by atoms with Gasteiger partial charge in [0, 0.05) is 28.8 Å². The van der Waals surface area contributed by atoms with Gasteiger partial charge in [-0.2, -0.15) is 0 Å². The van der Waals surface area contributed by atoms with Crippen LogP contribution in [0.3, 0.4) is 0 Å². The summed E-state index contributed by atoms with van der Waals surface area (Å²) in [4.78, 5) is 16.5. The number of nitrogens with zero attached hydrogens (tertiary/aromatic N) is 4. The number of aromatic hydroxyl groups is 1. The average molecular weight is 431 g/mol. The van der Waals surface area contributed by atoms with Gasteiger partial charge in [0.2, 0.25) is 0 Å². The van der Waals surface area contributed by atoms with Gasteiger partial charge in [-0.15, -0.1) is 0 Å². The van der Waals surface area contributed by atoms with E-state index >= 15 is 0 Å². The minimum Gasteiger partial charge on any atom is -0.506 e. The van der Waals surface area contributed by atoms with Crippen molar-refractivity contribution in [3.05, 3.63) is 103 Å². The van der Waals surface area contributed by atoms with Crippen molar-refractivity contribution < 1.29 is 5.11 Å². The Morgan fingerprint density at radius 3 is 2.52 bits per heavy atom. The molecule has 3 aromatic heterocycles. The Bertz CT molecular complexity index is 1510. The van der Waals surface area contributed by atoms with Crippen molar-refractivity contribution in [3.8, 4) is 17.0 Å². The third-order valence-corrected chi connectivity index (χ3v) is 6.39. The summed E-state index contributed by atoms with van der Waals surface area (Å²) >= 11 is 0. The number of pyridine rings is 3. The van der Waals surface area contributed by atoms with Crippen molar-refractivity contribution >= 4 is 28.1 Å². The fraction of sp³-hybridized carbons (Fsp3) is 0.107.